The van der Waals surface area contributed by atoms with Crippen molar-refractivity contribution in [2.75, 3.05) is 38.6 Å². The highest BCUT2D eigenvalue weighted by atomic mass is 16.5. The number of fused-ring (bicyclic) bond motifs is 2. The summed E-state index contributed by atoms with van der Waals surface area (Å²) in [5.74, 6) is 3.06. The van der Waals surface area contributed by atoms with Gasteiger partial charge in [-0.25, -0.2) is 9.79 Å². The predicted octanol–water partition coefficient (Wildman–Crippen LogP) is 5.74. The Morgan fingerprint density at radius 3 is 2.51 bits per heavy atom. The average molecular weight is 471 g/mol. The first kappa shape index (κ1) is 22.8. The standard InChI is InChI=1S/C28H30N4O3/c1-19-5-8-21(9-6-19)29-28(33)32-14-4-13-31(15-16-32)27-23-18-22(34-3)10-12-25(23)35-26-17-20(2)7-11-24(26)30-27/h5-12,17-18H,4,13-16H2,1-3H3,(H,29,33). The number of nitrogens with zero attached hydrogens (tertiary/aromatic N) is 3. The first-order valence-corrected chi connectivity index (χ1v) is 11.9. The second kappa shape index (κ2) is 9.70. The van der Waals surface area contributed by atoms with E-state index in [0.29, 0.717) is 19.6 Å². The van der Waals surface area contributed by atoms with Crippen molar-refractivity contribution in [3.8, 4) is 17.2 Å². The molecule has 3 aromatic rings. The number of nitrogens with one attached hydrogen (secondary N) is 1. The lowest BCUT2D eigenvalue weighted by Crippen LogP contribution is -2.39. The van der Waals surface area contributed by atoms with E-state index in [1.165, 1.54) is 0 Å². The van der Waals surface area contributed by atoms with Gasteiger partial charge in [-0.1, -0.05) is 23.8 Å². The van der Waals surface area contributed by atoms with Crippen molar-refractivity contribution in [1.29, 1.82) is 0 Å². The number of ether oxygens (including phenoxy) is 2. The van der Waals surface area contributed by atoms with Crippen LogP contribution >= 0.6 is 0 Å². The zero-order valence-corrected chi connectivity index (χ0v) is 20.4. The van der Waals surface area contributed by atoms with Gasteiger partial charge in [-0.3, -0.25) is 0 Å². The molecule has 0 spiro atoms. The number of aryl methyl sites for hydroxylation is 2. The lowest BCUT2D eigenvalue weighted by Gasteiger charge is -2.25. The smallest absolute Gasteiger partial charge is 0.321 e. The molecule has 0 atom stereocenters. The molecular formula is C28H30N4O3. The van der Waals surface area contributed by atoms with E-state index in [-0.39, 0.29) is 6.03 Å². The molecule has 0 aliphatic carbocycles. The molecule has 0 unspecified atom stereocenters. The fraction of sp³-hybridized carbons (Fsp3) is 0.286. The van der Waals surface area contributed by atoms with E-state index < -0.39 is 0 Å². The lowest BCUT2D eigenvalue weighted by molar-refractivity contribution is 0.214. The van der Waals surface area contributed by atoms with Crippen LogP contribution in [0, 0.1) is 13.8 Å². The zero-order chi connectivity index (χ0) is 24.4. The third-order valence-corrected chi connectivity index (χ3v) is 6.37. The maximum Gasteiger partial charge on any atom is 0.321 e. The number of hydrogen-bond donors (Lipinski definition) is 1. The van der Waals surface area contributed by atoms with Crippen molar-refractivity contribution in [3.63, 3.8) is 0 Å². The summed E-state index contributed by atoms with van der Waals surface area (Å²) in [5, 5.41) is 3.02. The van der Waals surface area contributed by atoms with Gasteiger partial charge in [0.15, 0.2) is 5.75 Å². The topological polar surface area (TPSA) is 66.4 Å². The number of hydrogen-bond acceptors (Lipinski definition) is 5. The van der Waals surface area contributed by atoms with Gasteiger partial charge < -0.3 is 24.6 Å². The van der Waals surface area contributed by atoms with Crippen LogP contribution in [0.2, 0.25) is 0 Å². The number of amidine groups is 1. The monoisotopic (exact) mass is 470 g/mol. The van der Waals surface area contributed by atoms with Crippen LogP contribution in [0.25, 0.3) is 0 Å². The van der Waals surface area contributed by atoms with Gasteiger partial charge in [-0.15, -0.1) is 0 Å². The third-order valence-electron chi connectivity index (χ3n) is 6.37. The molecule has 1 fully saturated rings. The molecule has 2 aliphatic heterocycles. The van der Waals surface area contributed by atoms with Gasteiger partial charge in [0.2, 0.25) is 0 Å². The van der Waals surface area contributed by atoms with Gasteiger partial charge in [0.05, 0.1) is 12.7 Å². The Hall–Kier alpha value is -4.00. The van der Waals surface area contributed by atoms with Crippen molar-refractivity contribution in [2.45, 2.75) is 20.3 Å². The second-order valence-corrected chi connectivity index (χ2v) is 8.99. The Bertz CT molecular complexity index is 1270. The van der Waals surface area contributed by atoms with Gasteiger partial charge in [-0.2, -0.15) is 0 Å². The maximum absolute atomic E-state index is 13.0. The van der Waals surface area contributed by atoms with E-state index in [1.807, 2.05) is 79.4 Å². The quantitative estimate of drug-likeness (QED) is 0.519. The Morgan fingerprint density at radius 2 is 1.71 bits per heavy atom. The first-order valence-electron chi connectivity index (χ1n) is 11.9. The summed E-state index contributed by atoms with van der Waals surface area (Å²) >= 11 is 0. The van der Waals surface area contributed by atoms with Gasteiger partial charge >= 0.3 is 6.03 Å². The minimum atomic E-state index is -0.0790. The lowest BCUT2D eigenvalue weighted by atomic mass is 10.1. The minimum Gasteiger partial charge on any atom is -0.497 e. The number of methoxy groups -OCH3 is 1. The van der Waals surface area contributed by atoms with E-state index in [1.54, 1.807) is 7.11 Å². The number of aliphatic imine (C=N–C) groups is 1. The van der Waals surface area contributed by atoms with Crippen molar-refractivity contribution in [1.82, 2.24) is 9.80 Å². The van der Waals surface area contributed by atoms with Crippen molar-refractivity contribution in [2.24, 2.45) is 4.99 Å². The van der Waals surface area contributed by atoms with Crippen LogP contribution in [0.3, 0.4) is 0 Å². The van der Waals surface area contributed by atoms with E-state index in [2.05, 4.69) is 10.2 Å². The Morgan fingerprint density at radius 1 is 0.914 bits per heavy atom. The van der Waals surface area contributed by atoms with Gasteiger partial charge in [0.25, 0.3) is 0 Å². The number of urea groups is 1. The molecule has 180 valence electrons. The largest absolute Gasteiger partial charge is 0.497 e. The minimum absolute atomic E-state index is 0.0790. The summed E-state index contributed by atoms with van der Waals surface area (Å²) in [4.78, 5) is 22.1. The molecule has 2 aliphatic rings. The number of benzene rings is 3. The van der Waals surface area contributed by atoms with Crippen molar-refractivity contribution >= 4 is 23.2 Å². The molecular weight excluding hydrogens is 440 g/mol. The van der Waals surface area contributed by atoms with E-state index in [4.69, 9.17) is 14.5 Å². The van der Waals surface area contributed by atoms with Crippen LogP contribution in [0.4, 0.5) is 16.2 Å². The molecule has 1 N–H and O–H groups in total. The SMILES string of the molecule is COc1ccc2c(c1)C(N1CCCN(C(=O)Nc3ccc(C)cc3)CC1)=Nc1ccc(C)cc1O2. The summed E-state index contributed by atoms with van der Waals surface area (Å²) in [6, 6.07) is 19.6. The molecule has 5 rings (SSSR count). The van der Waals surface area contributed by atoms with Crippen LogP contribution in [0.1, 0.15) is 23.1 Å². The molecule has 0 aromatic heterocycles. The molecule has 35 heavy (non-hydrogen) atoms. The van der Waals surface area contributed by atoms with Crippen molar-refractivity contribution in [3.05, 3.63) is 77.4 Å². The predicted molar refractivity (Wildman–Crippen MR) is 138 cm³/mol. The highest BCUT2D eigenvalue weighted by molar-refractivity contribution is 6.04. The first-order chi connectivity index (χ1) is 17.0. The van der Waals surface area contributed by atoms with Crippen LogP contribution < -0.4 is 14.8 Å². The molecule has 2 amide bonds. The normalized spacial score (nSPS) is 15.1. The Kier molecular flexibility index (Phi) is 6.31. The number of carbonyl (C=O) groups excluding carboxylic acids is 1. The molecule has 3 aromatic carbocycles. The van der Waals surface area contributed by atoms with Crippen LogP contribution in [-0.4, -0.2) is 55.0 Å². The number of rotatable bonds is 2. The fourth-order valence-electron chi connectivity index (χ4n) is 4.40. The summed E-state index contributed by atoms with van der Waals surface area (Å²) in [7, 11) is 1.66. The Balaban J connectivity index is 1.40. The van der Waals surface area contributed by atoms with Gasteiger partial charge in [-0.05, 0) is 68.3 Å². The summed E-state index contributed by atoms with van der Waals surface area (Å²) in [6.45, 7) is 6.79. The van der Waals surface area contributed by atoms with Crippen LogP contribution in [0.15, 0.2) is 65.7 Å². The zero-order valence-electron chi connectivity index (χ0n) is 20.4. The average Bonchev–Trinajstić information content (AvgIpc) is 3.20. The highest BCUT2D eigenvalue weighted by Gasteiger charge is 2.26. The molecule has 7 heteroatoms. The van der Waals surface area contributed by atoms with Crippen LogP contribution in [-0.2, 0) is 0 Å². The fourth-order valence-corrected chi connectivity index (χ4v) is 4.40. The number of carbonyl (C=O) groups is 1. The van der Waals surface area contributed by atoms with Gasteiger partial charge in [0.1, 0.15) is 23.0 Å². The molecule has 7 nitrogen and oxygen atoms in total. The van der Waals surface area contributed by atoms with E-state index in [0.717, 1.165) is 64.1 Å². The molecule has 0 bridgehead atoms. The highest BCUT2D eigenvalue weighted by Crippen LogP contribution is 2.40. The maximum atomic E-state index is 13.0. The summed E-state index contributed by atoms with van der Waals surface area (Å²) in [5.41, 5.74) is 4.76. The molecule has 1 saturated heterocycles. The Labute approximate surface area is 206 Å². The van der Waals surface area contributed by atoms with E-state index in [9.17, 15) is 4.79 Å². The van der Waals surface area contributed by atoms with E-state index >= 15 is 0 Å². The third kappa shape index (κ3) is 4.94. The van der Waals surface area contributed by atoms with Gasteiger partial charge in [0, 0.05) is 31.9 Å². The molecule has 0 saturated carbocycles. The summed E-state index contributed by atoms with van der Waals surface area (Å²) in [6.07, 6.45) is 0.835. The van der Waals surface area contributed by atoms with Crippen LogP contribution in [0.5, 0.6) is 17.2 Å². The number of amides is 2. The second-order valence-electron chi connectivity index (χ2n) is 8.99. The molecule has 2 heterocycles. The van der Waals surface area contributed by atoms with Crippen molar-refractivity contribution < 1.29 is 14.3 Å². The number of anilines is 1. The summed E-state index contributed by atoms with van der Waals surface area (Å²) < 4.78 is 11.8. The molecule has 0 radical (unpaired) electrons.